The Morgan fingerprint density at radius 3 is 2.46 bits per heavy atom. The monoisotopic (exact) mass is 360 g/mol. The van der Waals surface area contributed by atoms with Crippen LogP contribution < -0.4 is 4.74 Å². The number of rotatable bonds is 4. The molecule has 1 atom stereocenters. The molecule has 130 valence electrons. The van der Waals surface area contributed by atoms with Gasteiger partial charge in [-0.1, -0.05) is 60.3 Å². The van der Waals surface area contributed by atoms with Crippen molar-refractivity contribution >= 4 is 17.8 Å². The Bertz CT molecular complexity index is 930. The van der Waals surface area contributed by atoms with Gasteiger partial charge < -0.3 is 9.84 Å². The summed E-state index contributed by atoms with van der Waals surface area (Å²) < 4.78 is 5.28. The zero-order valence-corrected chi connectivity index (χ0v) is 15.4. The van der Waals surface area contributed by atoms with Crippen LogP contribution in [0.4, 0.5) is 0 Å². The molecule has 0 heterocycles. The van der Waals surface area contributed by atoms with Gasteiger partial charge in [-0.3, -0.25) is 0 Å². The first kappa shape index (κ1) is 16.8. The molecule has 0 spiro atoms. The van der Waals surface area contributed by atoms with Crippen molar-refractivity contribution in [2.45, 2.75) is 22.1 Å². The van der Waals surface area contributed by atoms with Crippen molar-refractivity contribution in [3.8, 4) is 11.5 Å². The van der Waals surface area contributed by atoms with Crippen LogP contribution in [0.15, 0.2) is 82.6 Å². The molecule has 0 saturated carbocycles. The molecule has 0 amide bonds. The van der Waals surface area contributed by atoms with Gasteiger partial charge in [0, 0.05) is 10.8 Å². The molecular formula is C23H20O2S. The molecule has 3 aromatic rings. The van der Waals surface area contributed by atoms with E-state index >= 15 is 0 Å². The van der Waals surface area contributed by atoms with Crippen molar-refractivity contribution in [3.63, 3.8) is 0 Å². The van der Waals surface area contributed by atoms with Gasteiger partial charge in [0.05, 0.1) is 12.0 Å². The standard InChI is InChI=1S/C23H20O2S/c1-25-17-12-10-16(11-13-17)19-8-5-9-21-20(19)14-15-22(24)23(21)26-18-6-3-2-4-7-18/h2-7,9-15,19,24H,8H2,1H3. The first-order chi connectivity index (χ1) is 12.8. The van der Waals surface area contributed by atoms with Crippen molar-refractivity contribution in [1.29, 1.82) is 0 Å². The summed E-state index contributed by atoms with van der Waals surface area (Å²) in [5.41, 5.74) is 3.64. The van der Waals surface area contributed by atoms with Crippen LogP contribution in [0.2, 0.25) is 0 Å². The Balaban J connectivity index is 1.74. The van der Waals surface area contributed by atoms with Crippen molar-refractivity contribution in [1.82, 2.24) is 0 Å². The Labute approximate surface area is 158 Å². The number of phenols is 1. The van der Waals surface area contributed by atoms with E-state index < -0.39 is 0 Å². The minimum atomic E-state index is 0.289. The lowest BCUT2D eigenvalue weighted by Crippen LogP contribution is -2.06. The quantitative estimate of drug-likeness (QED) is 0.609. The van der Waals surface area contributed by atoms with Gasteiger partial charge in [0.25, 0.3) is 0 Å². The summed E-state index contributed by atoms with van der Waals surface area (Å²) in [5.74, 6) is 1.49. The predicted octanol–water partition coefficient (Wildman–Crippen LogP) is 6.10. The molecule has 1 aliphatic rings. The summed E-state index contributed by atoms with van der Waals surface area (Å²) in [5, 5.41) is 10.5. The minimum absolute atomic E-state index is 0.289. The average molecular weight is 360 g/mol. The highest BCUT2D eigenvalue weighted by Crippen LogP contribution is 2.45. The van der Waals surface area contributed by atoms with Gasteiger partial charge in [-0.15, -0.1) is 0 Å². The molecule has 0 aliphatic heterocycles. The van der Waals surface area contributed by atoms with Gasteiger partial charge in [-0.2, -0.15) is 0 Å². The van der Waals surface area contributed by atoms with E-state index in [2.05, 4.69) is 42.5 Å². The van der Waals surface area contributed by atoms with Crippen molar-refractivity contribution in [2.24, 2.45) is 0 Å². The second-order valence-electron chi connectivity index (χ2n) is 6.30. The number of methoxy groups -OCH3 is 1. The molecule has 3 heteroatoms. The number of phenolic OH excluding ortho intramolecular Hbond substituents is 1. The van der Waals surface area contributed by atoms with E-state index in [1.54, 1.807) is 18.9 Å². The first-order valence-corrected chi connectivity index (χ1v) is 9.47. The third-order valence-corrected chi connectivity index (χ3v) is 5.86. The normalized spacial score (nSPS) is 15.5. The molecule has 1 unspecified atom stereocenters. The number of hydrogen-bond acceptors (Lipinski definition) is 3. The highest BCUT2D eigenvalue weighted by atomic mass is 32.2. The van der Waals surface area contributed by atoms with Gasteiger partial charge >= 0.3 is 0 Å². The van der Waals surface area contributed by atoms with Gasteiger partial charge in [-0.05, 0) is 53.4 Å². The maximum absolute atomic E-state index is 10.5. The molecule has 0 fully saturated rings. The minimum Gasteiger partial charge on any atom is -0.507 e. The summed E-state index contributed by atoms with van der Waals surface area (Å²) in [6.45, 7) is 0. The van der Waals surface area contributed by atoms with Crippen molar-refractivity contribution in [2.75, 3.05) is 7.11 Å². The van der Waals surface area contributed by atoms with E-state index in [-0.39, 0.29) is 5.92 Å². The molecule has 1 aliphatic carbocycles. The molecular weight excluding hydrogens is 340 g/mol. The summed E-state index contributed by atoms with van der Waals surface area (Å²) in [6.07, 6.45) is 5.30. The van der Waals surface area contributed by atoms with Crippen LogP contribution in [0.5, 0.6) is 11.5 Å². The number of benzene rings is 3. The highest BCUT2D eigenvalue weighted by Gasteiger charge is 2.23. The number of allylic oxidation sites excluding steroid dienone is 1. The molecule has 0 bridgehead atoms. The van der Waals surface area contributed by atoms with Crippen molar-refractivity contribution < 1.29 is 9.84 Å². The number of aromatic hydroxyl groups is 1. The number of hydrogen-bond donors (Lipinski definition) is 1. The molecule has 2 nitrogen and oxygen atoms in total. The number of fused-ring (bicyclic) bond motifs is 1. The van der Waals surface area contributed by atoms with E-state index in [1.807, 2.05) is 36.4 Å². The molecule has 4 rings (SSSR count). The molecule has 0 aromatic heterocycles. The Kier molecular flexibility index (Phi) is 4.72. The largest absolute Gasteiger partial charge is 0.507 e. The lowest BCUT2D eigenvalue weighted by atomic mass is 9.82. The van der Waals surface area contributed by atoms with Crippen LogP contribution in [-0.2, 0) is 0 Å². The molecule has 1 N–H and O–H groups in total. The van der Waals surface area contributed by atoms with Crippen LogP contribution in [-0.4, -0.2) is 12.2 Å². The molecule has 3 aromatic carbocycles. The second kappa shape index (κ2) is 7.30. The zero-order chi connectivity index (χ0) is 17.9. The fourth-order valence-corrected chi connectivity index (χ4v) is 4.39. The van der Waals surface area contributed by atoms with E-state index in [4.69, 9.17) is 4.74 Å². The third-order valence-electron chi connectivity index (χ3n) is 4.72. The maximum Gasteiger partial charge on any atom is 0.130 e. The van der Waals surface area contributed by atoms with Gasteiger partial charge in [-0.25, -0.2) is 0 Å². The predicted molar refractivity (Wildman–Crippen MR) is 107 cm³/mol. The zero-order valence-electron chi connectivity index (χ0n) is 14.6. The fourth-order valence-electron chi connectivity index (χ4n) is 3.39. The summed E-state index contributed by atoms with van der Waals surface area (Å²) >= 11 is 1.61. The smallest absolute Gasteiger partial charge is 0.130 e. The SMILES string of the molecule is COc1ccc(C2CC=Cc3c2ccc(O)c3Sc2ccccc2)cc1. The van der Waals surface area contributed by atoms with Crippen LogP contribution in [0.25, 0.3) is 6.08 Å². The Morgan fingerprint density at radius 2 is 1.73 bits per heavy atom. The van der Waals surface area contributed by atoms with Gasteiger partial charge in [0.15, 0.2) is 0 Å². The lowest BCUT2D eigenvalue weighted by molar-refractivity contribution is 0.414. The van der Waals surface area contributed by atoms with Crippen LogP contribution in [0.3, 0.4) is 0 Å². The van der Waals surface area contributed by atoms with E-state index in [0.29, 0.717) is 5.75 Å². The van der Waals surface area contributed by atoms with E-state index in [1.165, 1.54) is 11.1 Å². The van der Waals surface area contributed by atoms with Crippen LogP contribution >= 0.6 is 11.8 Å². The van der Waals surface area contributed by atoms with Gasteiger partial charge in [0.1, 0.15) is 11.5 Å². The van der Waals surface area contributed by atoms with E-state index in [0.717, 1.165) is 27.5 Å². The Hall–Kier alpha value is -2.65. The van der Waals surface area contributed by atoms with E-state index in [9.17, 15) is 5.11 Å². The van der Waals surface area contributed by atoms with Crippen LogP contribution in [0, 0.1) is 0 Å². The summed E-state index contributed by atoms with van der Waals surface area (Å²) in [6, 6.07) is 22.3. The summed E-state index contributed by atoms with van der Waals surface area (Å²) in [7, 11) is 1.68. The lowest BCUT2D eigenvalue weighted by Gasteiger charge is -2.24. The highest BCUT2D eigenvalue weighted by molar-refractivity contribution is 7.99. The topological polar surface area (TPSA) is 29.5 Å². The number of ether oxygens (including phenoxy) is 1. The molecule has 0 saturated heterocycles. The van der Waals surface area contributed by atoms with Gasteiger partial charge in [0.2, 0.25) is 0 Å². The second-order valence-corrected chi connectivity index (χ2v) is 7.38. The fraction of sp³-hybridized carbons (Fsp3) is 0.130. The third kappa shape index (κ3) is 3.23. The maximum atomic E-state index is 10.5. The first-order valence-electron chi connectivity index (χ1n) is 8.65. The molecule has 0 radical (unpaired) electrons. The van der Waals surface area contributed by atoms with Crippen molar-refractivity contribution in [3.05, 3.63) is 89.5 Å². The summed E-state index contributed by atoms with van der Waals surface area (Å²) in [4.78, 5) is 2.04. The molecule has 26 heavy (non-hydrogen) atoms. The Morgan fingerprint density at radius 1 is 0.962 bits per heavy atom. The van der Waals surface area contributed by atoms with Crippen LogP contribution in [0.1, 0.15) is 29.0 Å². The average Bonchev–Trinajstić information content (AvgIpc) is 2.70.